The van der Waals surface area contributed by atoms with Crippen molar-refractivity contribution in [3.63, 3.8) is 0 Å². The third-order valence-corrected chi connectivity index (χ3v) is 4.40. The average molecular weight is 421 g/mol. The van der Waals surface area contributed by atoms with Crippen molar-refractivity contribution in [2.24, 2.45) is 5.92 Å². The molecule has 2 amide bonds. The molecular weight excluding hydrogens is 400 g/mol. The molecule has 1 heterocycles. The van der Waals surface area contributed by atoms with Gasteiger partial charge in [-0.15, -0.1) is 11.3 Å². The minimum absolute atomic E-state index is 0.00926. The number of aromatic carboxylic acids is 1. The maximum Gasteiger partial charge on any atom is 0.408 e. The molecule has 3 N–H and O–H groups in total. The van der Waals surface area contributed by atoms with E-state index in [1.165, 1.54) is 6.07 Å². The summed E-state index contributed by atoms with van der Waals surface area (Å²) in [6.45, 7) is 8.70. The molecular formula is C15H21BrN2O5S. The summed E-state index contributed by atoms with van der Waals surface area (Å²) in [5, 5.41) is 14.2. The second kappa shape index (κ2) is 7.98. The Morgan fingerprint density at radius 2 is 1.88 bits per heavy atom. The van der Waals surface area contributed by atoms with Gasteiger partial charge in [0.15, 0.2) is 0 Å². The van der Waals surface area contributed by atoms with E-state index in [9.17, 15) is 14.4 Å². The van der Waals surface area contributed by atoms with E-state index in [2.05, 4.69) is 26.6 Å². The number of anilines is 1. The number of ether oxygens (including phenoxy) is 1. The molecule has 0 aliphatic rings. The summed E-state index contributed by atoms with van der Waals surface area (Å²) in [7, 11) is 0. The van der Waals surface area contributed by atoms with Gasteiger partial charge in [-0.3, -0.25) is 4.79 Å². The fourth-order valence-corrected chi connectivity index (χ4v) is 3.19. The van der Waals surface area contributed by atoms with E-state index >= 15 is 0 Å². The molecule has 0 aliphatic carbocycles. The van der Waals surface area contributed by atoms with Gasteiger partial charge in [0.2, 0.25) is 5.91 Å². The van der Waals surface area contributed by atoms with Gasteiger partial charge in [0.25, 0.3) is 0 Å². The Kier molecular flexibility index (Phi) is 6.79. The maximum absolute atomic E-state index is 12.5. The summed E-state index contributed by atoms with van der Waals surface area (Å²) < 4.78 is 5.74. The van der Waals surface area contributed by atoms with Gasteiger partial charge in [-0.05, 0) is 48.7 Å². The molecule has 9 heteroatoms. The highest BCUT2D eigenvalue weighted by molar-refractivity contribution is 9.11. The number of carbonyl (C=O) groups excluding carboxylic acids is 2. The summed E-state index contributed by atoms with van der Waals surface area (Å²) >= 11 is 4.19. The summed E-state index contributed by atoms with van der Waals surface area (Å²) in [5.74, 6) is -1.86. The number of carbonyl (C=O) groups is 3. The number of rotatable bonds is 5. The number of carboxylic acids is 1. The smallest absolute Gasteiger partial charge is 0.408 e. The first-order chi connectivity index (χ1) is 10.9. The molecule has 0 unspecified atom stereocenters. The largest absolute Gasteiger partial charge is 0.477 e. The lowest BCUT2D eigenvalue weighted by molar-refractivity contribution is -0.119. The van der Waals surface area contributed by atoms with E-state index in [1.54, 1.807) is 34.6 Å². The van der Waals surface area contributed by atoms with Gasteiger partial charge >= 0.3 is 12.1 Å². The molecule has 24 heavy (non-hydrogen) atoms. The maximum atomic E-state index is 12.5. The molecule has 0 fully saturated rings. The molecule has 0 bridgehead atoms. The predicted octanol–water partition coefficient (Wildman–Crippen LogP) is 3.70. The van der Waals surface area contributed by atoms with Crippen LogP contribution in [0.1, 0.15) is 44.3 Å². The van der Waals surface area contributed by atoms with Crippen molar-refractivity contribution in [3.8, 4) is 0 Å². The highest BCUT2D eigenvalue weighted by atomic mass is 79.9. The zero-order valence-corrected chi connectivity index (χ0v) is 16.5. The van der Waals surface area contributed by atoms with Crippen molar-refractivity contribution >= 4 is 50.9 Å². The van der Waals surface area contributed by atoms with Crippen LogP contribution in [0.4, 0.5) is 10.5 Å². The average Bonchev–Trinajstić information content (AvgIpc) is 2.74. The molecule has 134 valence electrons. The Morgan fingerprint density at radius 1 is 1.29 bits per heavy atom. The molecule has 1 aromatic heterocycles. The van der Waals surface area contributed by atoms with Crippen LogP contribution < -0.4 is 10.6 Å². The second-order valence-electron chi connectivity index (χ2n) is 6.46. The first kappa shape index (κ1) is 20.4. The van der Waals surface area contributed by atoms with Crippen LogP contribution in [0.5, 0.6) is 0 Å². The zero-order valence-electron chi connectivity index (χ0n) is 14.1. The Hall–Kier alpha value is -1.61. The van der Waals surface area contributed by atoms with Crippen molar-refractivity contribution < 1.29 is 24.2 Å². The van der Waals surface area contributed by atoms with E-state index in [0.717, 1.165) is 11.3 Å². The number of nitrogens with one attached hydrogen (secondary N) is 2. The van der Waals surface area contributed by atoms with Crippen molar-refractivity contribution in [2.75, 3.05) is 5.32 Å². The number of alkyl carbamates (subject to hydrolysis) is 1. The summed E-state index contributed by atoms with van der Waals surface area (Å²) in [6, 6.07) is 0.650. The molecule has 0 aliphatic heterocycles. The molecule has 0 radical (unpaired) electrons. The molecule has 1 atom stereocenters. The van der Waals surface area contributed by atoms with Crippen LogP contribution in [0.15, 0.2) is 9.85 Å². The van der Waals surface area contributed by atoms with Crippen LogP contribution in [-0.2, 0) is 9.53 Å². The fourth-order valence-electron chi connectivity index (χ4n) is 1.79. The standard InChI is InChI=1S/C15H21BrN2O5S/c1-7(2)10(18-14(22)23-15(3,4)5)12(19)17-8-6-9(16)24-11(8)13(20)21/h6-7,10H,1-5H3,(H,17,19)(H,18,22)(H,20,21)/t10-/m0/s1. The zero-order chi connectivity index (χ0) is 18.7. The summed E-state index contributed by atoms with van der Waals surface area (Å²) in [4.78, 5) is 35.6. The molecule has 0 aromatic carbocycles. The van der Waals surface area contributed by atoms with E-state index < -0.39 is 29.6 Å². The number of hydrogen-bond donors (Lipinski definition) is 3. The molecule has 1 rings (SSSR count). The van der Waals surface area contributed by atoms with Crippen LogP contribution in [-0.4, -0.2) is 34.7 Å². The monoisotopic (exact) mass is 420 g/mol. The van der Waals surface area contributed by atoms with E-state index in [0.29, 0.717) is 3.79 Å². The van der Waals surface area contributed by atoms with Gasteiger partial charge in [-0.25, -0.2) is 9.59 Å². The van der Waals surface area contributed by atoms with E-state index in [-0.39, 0.29) is 16.5 Å². The van der Waals surface area contributed by atoms with Crippen LogP contribution in [0, 0.1) is 5.92 Å². The van der Waals surface area contributed by atoms with Gasteiger partial charge in [0.1, 0.15) is 16.5 Å². The van der Waals surface area contributed by atoms with Crippen LogP contribution in [0.3, 0.4) is 0 Å². The normalized spacial score (nSPS) is 12.6. The highest BCUT2D eigenvalue weighted by Gasteiger charge is 2.28. The number of halogens is 1. The lowest BCUT2D eigenvalue weighted by atomic mass is 10.0. The summed E-state index contributed by atoms with van der Waals surface area (Å²) in [6.07, 6.45) is -0.707. The third kappa shape index (κ3) is 6.12. The van der Waals surface area contributed by atoms with Gasteiger partial charge in [0.05, 0.1) is 9.47 Å². The lowest BCUT2D eigenvalue weighted by Crippen LogP contribution is -2.48. The van der Waals surface area contributed by atoms with E-state index in [4.69, 9.17) is 9.84 Å². The van der Waals surface area contributed by atoms with Gasteiger partial charge < -0.3 is 20.5 Å². The fraction of sp³-hybridized carbons (Fsp3) is 0.533. The van der Waals surface area contributed by atoms with Crippen molar-refractivity contribution in [3.05, 3.63) is 14.7 Å². The lowest BCUT2D eigenvalue weighted by Gasteiger charge is -2.25. The van der Waals surface area contributed by atoms with E-state index in [1.807, 2.05) is 0 Å². The van der Waals surface area contributed by atoms with Gasteiger partial charge in [-0.1, -0.05) is 13.8 Å². The molecule has 7 nitrogen and oxygen atoms in total. The van der Waals surface area contributed by atoms with Crippen LogP contribution >= 0.6 is 27.3 Å². The minimum Gasteiger partial charge on any atom is -0.477 e. The molecule has 0 saturated carbocycles. The van der Waals surface area contributed by atoms with Crippen LogP contribution in [0.25, 0.3) is 0 Å². The molecule has 1 aromatic rings. The number of hydrogen-bond acceptors (Lipinski definition) is 5. The first-order valence-electron chi connectivity index (χ1n) is 7.23. The van der Waals surface area contributed by atoms with Gasteiger partial charge in [0, 0.05) is 0 Å². The van der Waals surface area contributed by atoms with Crippen molar-refractivity contribution in [1.29, 1.82) is 0 Å². The molecule has 0 saturated heterocycles. The summed E-state index contributed by atoms with van der Waals surface area (Å²) in [5.41, 5.74) is -0.502. The molecule has 0 spiro atoms. The Morgan fingerprint density at radius 3 is 2.33 bits per heavy atom. The second-order valence-corrected chi connectivity index (χ2v) is 8.89. The number of amides is 2. The number of carboxylic acid groups (broad SMARTS) is 1. The van der Waals surface area contributed by atoms with Crippen LogP contribution in [0.2, 0.25) is 0 Å². The Labute approximate surface area is 152 Å². The predicted molar refractivity (Wildman–Crippen MR) is 95.6 cm³/mol. The Bertz CT molecular complexity index is 636. The highest BCUT2D eigenvalue weighted by Crippen LogP contribution is 2.31. The topological polar surface area (TPSA) is 105 Å². The SMILES string of the molecule is CC(C)[C@H](NC(=O)OC(C)(C)C)C(=O)Nc1cc(Br)sc1C(=O)O. The third-order valence-electron chi connectivity index (χ3n) is 2.78. The first-order valence-corrected chi connectivity index (χ1v) is 8.84. The van der Waals surface area contributed by atoms with Gasteiger partial charge in [-0.2, -0.15) is 0 Å². The number of thiophene rings is 1. The minimum atomic E-state index is -1.14. The van der Waals surface area contributed by atoms with Crippen molar-refractivity contribution in [2.45, 2.75) is 46.3 Å². The Balaban J connectivity index is 2.88. The quantitative estimate of drug-likeness (QED) is 0.673. The van der Waals surface area contributed by atoms with Crippen molar-refractivity contribution in [1.82, 2.24) is 5.32 Å².